The lowest BCUT2D eigenvalue weighted by Crippen LogP contribution is -2.32. The molecule has 2 aromatic rings. The van der Waals surface area contributed by atoms with Crippen LogP contribution in [0.5, 0.6) is 11.8 Å². The first-order chi connectivity index (χ1) is 11.5. The Hall–Kier alpha value is -2.48. The second kappa shape index (κ2) is 7.87. The van der Waals surface area contributed by atoms with Crippen LogP contribution in [0.2, 0.25) is 5.02 Å². The number of halogens is 1. The second-order valence-corrected chi connectivity index (χ2v) is 5.38. The summed E-state index contributed by atoms with van der Waals surface area (Å²) in [5.74, 6) is 0.675. The highest BCUT2D eigenvalue weighted by Crippen LogP contribution is 2.24. The summed E-state index contributed by atoms with van der Waals surface area (Å²) in [6.45, 7) is 4.64. The predicted octanol–water partition coefficient (Wildman–Crippen LogP) is 2.39. The van der Waals surface area contributed by atoms with Gasteiger partial charge in [0.2, 0.25) is 11.8 Å². The van der Waals surface area contributed by atoms with Crippen molar-refractivity contribution in [2.45, 2.75) is 20.4 Å². The van der Waals surface area contributed by atoms with Gasteiger partial charge >= 0.3 is 6.03 Å². The number of urea groups is 1. The van der Waals surface area contributed by atoms with E-state index in [0.29, 0.717) is 29.7 Å². The third-order valence-corrected chi connectivity index (χ3v) is 3.93. The van der Waals surface area contributed by atoms with Crippen LogP contribution in [0, 0.1) is 13.8 Å². The van der Waals surface area contributed by atoms with E-state index in [0.717, 1.165) is 11.4 Å². The van der Waals surface area contributed by atoms with Gasteiger partial charge in [-0.15, -0.1) is 0 Å². The van der Waals surface area contributed by atoms with Gasteiger partial charge in [0.1, 0.15) is 5.69 Å². The van der Waals surface area contributed by atoms with Gasteiger partial charge in [0, 0.05) is 12.6 Å². The number of ether oxygens (including phenoxy) is 2. The first-order valence-electron chi connectivity index (χ1n) is 7.29. The molecule has 0 unspecified atom stereocenters. The van der Waals surface area contributed by atoms with Crippen LogP contribution in [0.1, 0.15) is 11.4 Å². The fourth-order valence-corrected chi connectivity index (χ4v) is 2.26. The van der Waals surface area contributed by atoms with Gasteiger partial charge in [-0.25, -0.2) is 4.79 Å². The third kappa shape index (κ3) is 4.08. The molecule has 0 saturated carbocycles. The number of carbonyl (C=O) groups excluding carboxylic acids is 1. The number of anilines is 1. The maximum absolute atomic E-state index is 12.0. The molecule has 0 spiro atoms. The predicted molar refractivity (Wildman–Crippen MR) is 91.1 cm³/mol. The first kappa shape index (κ1) is 17.9. The number of carbonyl (C=O) groups is 1. The zero-order valence-corrected chi connectivity index (χ0v) is 14.8. The van der Waals surface area contributed by atoms with Crippen LogP contribution in [-0.2, 0) is 6.54 Å². The Morgan fingerprint density at radius 1 is 1.29 bits per heavy atom. The van der Waals surface area contributed by atoms with E-state index in [1.807, 2.05) is 13.8 Å². The molecule has 24 heavy (non-hydrogen) atoms. The SMILES string of the molecule is COc1ccc(NC(=O)NCCn2nc(C)c(Cl)c2C)c(OC)n1. The Morgan fingerprint density at radius 3 is 2.62 bits per heavy atom. The molecule has 2 aromatic heterocycles. The van der Waals surface area contributed by atoms with Crippen molar-refractivity contribution in [1.82, 2.24) is 20.1 Å². The van der Waals surface area contributed by atoms with Crippen molar-refractivity contribution in [3.63, 3.8) is 0 Å². The van der Waals surface area contributed by atoms with Crippen molar-refractivity contribution in [3.8, 4) is 11.8 Å². The molecule has 0 atom stereocenters. The number of aryl methyl sites for hydroxylation is 1. The third-order valence-electron chi connectivity index (χ3n) is 3.39. The maximum atomic E-state index is 12.0. The average molecular weight is 354 g/mol. The number of aromatic nitrogens is 3. The van der Waals surface area contributed by atoms with Gasteiger partial charge in [-0.3, -0.25) is 4.68 Å². The van der Waals surface area contributed by atoms with Gasteiger partial charge in [0.25, 0.3) is 0 Å². The number of nitrogens with one attached hydrogen (secondary N) is 2. The van der Waals surface area contributed by atoms with E-state index in [2.05, 4.69) is 20.7 Å². The molecule has 0 aliphatic heterocycles. The molecule has 0 saturated heterocycles. The van der Waals surface area contributed by atoms with Crippen molar-refractivity contribution < 1.29 is 14.3 Å². The summed E-state index contributed by atoms with van der Waals surface area (Å²) in [7, 11) is 2.98. The van der Waals surface area contributed by atoms with Crippen LogP contribution in [0.15, 0.2) is 12.1 Å². The van der Waals surface area contributed by atoms with Gasteiger partial charge in [-0.2, -0.15) is 10.1 Å². The topological polar surface area (TPSA) is 90.3 Å². The molecule has 130 valence electrons. The highest BCUT2D eigenvalue weighted by atomic mass is 35.5. The summed E-state index contributed by atoms with van der Waals surface area (Å²) in [5, 5.41) is 10.4. The number of rotatable bonds is 6. The van der Waals surface area contributed by atoms with Crippen LogP contribution >= 0.6 is 11.6 Å². The fraction of sp³-hybridized carbons (Fsp3) is 0.400. The minimum Gasteiger partial charge on any atom is -0.481 e. The molecule has 0 fully saturated rings. The van der Waals surface area contributed by atoms with Crippen LogP contribution in [0.3, 0.4) is 0 Å². The van der Waals surface area contributed by atoms with Gasteiger partial charge in [-0.05, 0) is 19.9 Å². The van der Waals surface area contributed by atoms with Crippen molar-refractivity contribution >= 4 is 23.3 Å². The minimum absolute atomic E-state index is 0.273. The van der Waals surface area contributed by atoms with Crippen LogP contribution in [0.4, 0.5) is 10.5 Å². The van der Waals surface area contributed by atoms with Gasteiger partial charge in [0.05, 0.1) is 37.2 Å². The highest BCUT2D eigenvalue weighted by Gasteiger charge is 2.11. The quantitative estimate of drug-likeness (QED) is 0.832. The van der Waals surface area contributed by atoms with Gasteiger partial charge < -0.3 is 20.1 Å². The minimum atomic E-state index is -0.368. The molecule has 2 amide bonds. The standard InChI is InChI=1S/C15H20ClN5O3/c1-9-13(16)10(2)21(20-9)8-7-17-15(22)18-11-5-6-12(23-3)19-14(11)24-4/h5-6H,7-8H2,1-4H3,(H2,17,18,22). The lowest BCUT2D eigenvalue weighted by molar-refractivity contribution is 0.251. The Labute approximate surface area is 145 Å². The van der Waals surface area contributed by atoms with Crippen molar-refractivity contribution in [2.75, 3.05) is 26.1 Å². The lowest BCUT2D eigenvalue weighted by atomic mass is 10.4. The van der Waals surface area contributed by atoms with Crippen LogP contribution in [-0.4, -0.2) is 41.6 Å². The summed E-state index contributed by atoms with van der Waals surface area (Å²) < 4.78 is 11.9. The molecule has 2 heterocycles. The summed E-state index contributed by atoms with van der Waals surface area (Å²) >= 11 is 6.09. The molecule has 2 rings (SSSR count). The number of hydrogen-bond acceptors (Lipinski definition) is 5. The van der Waals surface area contributed by atoms with E-state index < -0.39 is 0 Å². The summed E-state index contributed by atoms with van der Waals surface area (Å²) in [6.07, 6.45) is 0. The van der Waals surface area contributed by atoms with Crippen LogP contribution in [0.25, 0.3) is 0 Å². The summed E-state index contributed by atoms with van der Waals surface area (Å²) in [4.78, 5) is 16.1. The molecule has 9 heteroatoms. The Balaban J connectivity index is 1.90. The molecule has 0 bridgehead atoms. The Bertz CT molecular complexity index is 732. The highest BCUT2D eigenvalue weighted by molar-refractivity contribution is 6.31. The maximum Gasteiger partial charge on any atom is 0.319 e. The molecule has 2 N–H and O–H groups in total. The number of pyridine rings is 1. The Kier molecular flexibility index (Phi) is 5.86. The van der Waals surface area contributed by atoms with E-state index >= 15 is 0 Å². The molecule has 0 aliphatic carbocycles. The molecular weight excluding hydrogens is 334 g/mol. The number of hydrogen-bond donors (Lipinski definition) is 2. The molecular formula is C15H20ClN5O3. The molecule has 0 aromatic carbocycles. The van der Waals surface area contributed by atoms with E-state index in [1.165, 1.54) is 14.2 Å². The fourth-order valence-electron chi connectivity index (χ4n) is 2.12. The molecule has 0 radical (unpaired) electrons. The average Bonchev–Trinajstić information content (AvgIpc) is 2.82. The second-order valence-electron chi connectivity index (χ2n) is 5.00. The summed E-state index contributed by atoms with van der Waals surface area (Å²) in [6, 6.07) is 2.93. The number of methoxy groups -OCH3 is 2. The van der Waals surface area contributed by atoms with Gasteiger partial charge in [0.15, 0.2) is 0 Å². The normalized spacial score (nSPS) is 10.4. The monoisotopic (exact) mass is 353 g/mol. The zero-order chi connectivity index (χ0) is 17.7. The Morgan fingerprint density at radius 2 is 2.04 bits per heavy atom. The van der Waals surface area contributed by atoms with E-state index in [4.69, 9.17) is 21.1 Å². The summed E-state index contributed by atoms with van der Waals surface area (Å²) in [5.41, 5.74) is 2.09. The van der Waals surface area contributed by atoms with Crippen molar-refractivity contribution in [3.05, 3.63) is 28.5 Å². The number of amides is 2. The first-order valence-corrected chi connectivity index (χ1v) is 7.67. The van der Waals surface area contributed by atoms with Crippen molar-refractivity contribution in [1.29, 1.82) is 0 Å². The molecule has 8 nitrogen and oxygen atoms in total. The zero-order valence-electron chi connectivity index (χ0n) is 14.0. The molecule has 0 aliphatic rings. The van der Waals surface area contributed by atoms with Crippen molar-refractivity contribution in [2.24, 2.45) is 0 Å². The largest absolute Gasteiger partial charge is 0.481 e. The number of nitrogens with zero attached hydrogens (tertiary/aromatic N) is 3. The van der Waals surface area contributed by atoms with Gasteiger partial charge in [-0.1, -0.05) is 11.6 Å². The van der Waals surface area contributed by atoms with Crippen LogP contribution < -0.4 is 20.1 Å². The van der Waals surface area contributed by atoms with E-state index in [9.17, 15) is 4.79 Å². The lowest BCUT2D eigenvalue weighted by Gasteiger charge is -2.11. The smallest absolute Gasteiger partial charge is 0.319 e. The van der Waals surface area contributed by atoms with E-state index in [1.54, 1.807) is 16.8 Å². The van der Waals surface area contributed by atoms with E-state index in [-0.39, 0.29) is 11.9 Å².